The first-order valence-electron chi connectivity index (χ1n) is 12.3. The fourth-order valence-corrected chi connectivity index (χ4v) is 5.04. The van der Waals surface area contributed by atoms with E-state index in [9.17, 15) is 4.79 Å². The second kappa shape index (κ2) is 8.92. The Kier molecular flexibility index (Phi) is 5.60. The van der Waals surface area contributed by atoms with E-state index in [1.54, 1.807) is 4.52 Å². The number of rotatable bonds is 5. The van der Waals surface area contributed by atoms with E-state index in [1.165, 1.54) is 22.9 Å². The summed E-state index contributed by atoms with van der Waals surface area (Å²) >= 11 is 0. The lowest BCUT2D eigenvalue weighted by atomic mass is 9.99. The molecule has 0 bridgehead atoms. The highest BCUT2D eigenvalue weighted by atomic mass is 16.5. The molecule has 2 aliphatic heterocycles. The van der Waals surface area contributed by atoms with E-state index < -0.39 is 0 Å². The van der Waals surface area contributed by atoms with Gasteiger partial charge in [-0.3, -0.25) is 9.36 Å². The van der Waals surface area contributed by atoms with Crippen LogP contribution in [0.25, 0.3) is 5.52 Å². The molecule has 1 aromatic carbocycles. The van der Waals surface area contributed by atoms with Crippen molar-refractivity contribution in [3.63, 3.8) is 0 Å². The van der Waals surface area contributed by atoms with Gasteiger partial charge in [0.25, 0.3) is 5.56 Å². The van der Waals surface area contributed by atoms with Crippen molar-refractivity contribution in [2.75, 3.05) is 24.6 Å². The molecule has 0 aliphatic carbocycles. The van der Waals surface area contributed by atoms with Crippen LogP contribution in [0, 0.1) is 13.8 Å². The van der Waals surface area contributed by atoms with Gasteiger partial charge in [-0.2, -0.15) is 14.6 Å². The summed E-state index contributed by atoms with van der Waals surface area (Å²) in [6, 6.07) is 8.40. The Bertz CT molecular complexity index is 1400. The summed E-state index contributed by atoms with van der Waals surface area (Å²) in [5.41, 5.74) is 3.37. The lowest BCUT2D eigenvalue weighted by molar-refractivity contribution is 0.110. The van der Waals surface area contributed by atoms with E-state index in [1.807, 2.05) is 6.92 Å². The molecule has 0 amide bonds. The molecule has 0 unspecified atom stereocenters. The number of hydrogen-bond donors (Lipinski definition) is 0. The number of imidazole rings is 1. The van der Waals surface area contributed by atoms with Gasteiger partial charge in [0.05, 0.1) is 18.4 Å². The first-order chi connectivity index (χ1) is 17.1. The highest BCUT2D eigenvalue weighted by Crippen LogP contribution is 2.37. The van der Waals surface area contributed by atoms with Crippen molar-refractivity contribution in [2.24, 2.45) is 0 Å². The minimum atomic E-state index is -0.170. The molecule has 0 saturated carbocycles. The maximum atomic E-state index is 13.3. The summed E-state index contributed by atoms with van der Waals surface area (Å²) in [4.78, 5) is 24.7. The number of aryl methyl sites for hydroxylation is 2. The highest BCUT2D eigenvalue weighted by molar-refractivity contribution is 5.56. The van der Waals surface area contributed by atoms with Gasteiger partial charge in [-0.1, -0.05) is 35.0 Å². The summed E-state index contributed by atoms with van der Waals surface area (Å²) in [6.45, 7) is 6.50. The van der Waals surface area contributed by atoms with E-state index in [0.29, 0.717) is 29.5 Å². The molecule has 10 heteroatoms. The molecule has 4 aromatic rings. The van der Waals surface area contributed by atoms with Crippen LogP contribution in [0.1, 0.15) is 66.2 Å². The van der Waals surface area contributed by atoms with Gasteiger partial charge in [0.1, 0.15) is 12.9 Å². The standard InChI is InChI=1S/C25H29N7O3/c1-16-6-8-18(9-7-16)20-12-19(14-34-20)23-28-21(35-29-23)13-31-15-26-32-22(24(31)33)17(2)27-25(32)30-10-4-3-5-11-30/h6-9,15,19-20H,3-5,10-14H2,1-2H3/t19-,20+/m0/s1. The molecule has 5 heterocycles. The van der Waals surface area contributed by atoms with Gasteiger partial charge in [0.15, 0.2) is 11.3 Å². The maximum absolute atomic E-state index is 13.3. The lowest BCUT2D eigenvalue weighted by Crippen LogP contribution is -2.32. The number of piperidine rings is 1. The van der Waals surface area contributed by atoms with Gasteiger partial charge in [-0.05, 0) is 45.1 Å². The predicted octanol–water partition coefficient (Wildman–Crippen LogP) is 3.17. The van der Waals surface area contributed by atoms with Crippen LogP contribution in [0.5, 0.6) is 0 Å². The number of aromatic nitrogens is 6. The largest absolute Gasteiger partial charge is 0.373 e. The van der Waals surface area contributed by atoms with E-state index >= 15 is 0 Å². The lowest BCUT2D eigenvalue weighted by Gasteiger charge is -2.26. The van der Waals surface area contributed by atoms with Gasteiger partial charge in [-0.25, -0.2) is 4.98 Å². The number of fused-ring (bicyclic) bond motifs is 1. The average molecular weight is 476 g/mol. The van der Waals surface area contributed by atoms with E-state index in [0.717, 1.165) is 43.9 Å². The minimum Gasteiger partial charge on any atom is -0.373 e. The summed E-state index contributed by atoms with van der Waals surface area (Å²) in [5.74, 6) is 1.79. The topological polar surface area (TPSA) is 104 Å². The van der Waals surface area contributed by atoms with E-state index in [-0.39, 0.29) is 24.1 Å². The smallest absolute Gasteiger partial charge is 0.280 e. The van der Waals surface area contributed by atoms with Crippen molar-refractivity contribution in [2.45, 2.75) is 58.1 Å². The van der Waals surface area contributed by atoms with E-state index in [2.05, 4.69) is 56.3 Å². The summed E-state index contributed by atoms with van der Waals surface area (Å²) in [7, 11) is 0. The fraction of sp³-hybridized carbons (Fsp3) is 0.480. The summed E-state index contributed by atoms with van der Waals surface area (Å²) < 4.78 is 14.7. The van der Waals surface area contributed by atoms with Crippen LogP contribution in [0.4, 0.5) is 5.95 Å². The monoisotopic (exact) mass is 475 g/mol. The van der Waals surface area contributed by atoms with Gasteiger partial charge in [0, 0.05) is 19.0 Å². The van der Waals surface area contributed by atoms with Crippen molar-refractivity contribution in [1.82, 2.24) is 29.3 Å². The molecule has 182 valence electrons. The molecule has 0 N–H and O–H groups in total. The van der Waals surface area contributed by atoms with Gasteiger partial charge in [0.2, 0.25) is 11.8 Å². The third-order valence-corrected chi connectivity index (χ3v) is 7.02. The quantitative estimate of drug-likeness (QED) is 0.434. The number of hydrogen-bond acceptors (Lipinski definition) is 8. The molecule has 3 aromatic heterocycles. The Morgan fingerprint density at radius 2 is 1.86 bits per heavy atom. The SMILES string of the molecule is Cc1ccc([C@H]2C[C@H](c3noc(Cn4cnn5c(N6CCCCC6)nc(C)c5c4=O)n3)CO2)cc1. The Balaban J connectivity index is 1.20. The van der Waals surface area contributed by atoms with Gasteiger partial charge in [-0.15, -0.1) is 0 Å². The van der Waals surface area contributed by atoms with Crippen LogP contribution < -0.4 is 10.5 Å². The third-order valence-electron chi connectivity index (χ3n) is 7.02. The molecule has 10 nitrogen and oxygen atoms in total. The molecule has 2 saturated heterocycles. The Morgan fingerprint density at radius 1 is 1.06 bits per heavy atom. The highest BCUT2D eigenvalue weighted by Gasteiger charge is 2.31. The zero-order valence-electron chi connectivity index (χ0n) is 20.1. The van der Waals surface area contributed by atoms with Crippen LogP contribution >= 0.6 is 0 Å². The number of nitrogens with zero attached hydrogens (tertiary/aromatic N) is 7. The predicted molar refractivity (Wildman–Crippen MR) is 129 cm³/mol. The number of anilines is 1. The molecule has 2 atom stereocenters. The second-order valence-electron chi connectivity index (χ2n) is 9.58. The molecule has 6 rings (SSSR count). The second-order valence-corrected chi connectivity index (χ2v) is 9.58. The van der Waals surface area contributed by atoms with Crippen LogP contribution in [0.15, 0.2) is 39.9 Å². The molecule has 2 aliphatic rings. The van der Waals surface area contributed by atoms with Gasteiger partial charge < -0.3 is 14.2 Å². The average Bonchev–Trinajstić information content (AvgIpc) is 3.61. The Hall–Kier alpha value is -3.53. The van der Waals surface area contributed by atoms with Crippen LogP contribution in [0.3, 0.4) is 0 Å². The number of ether oxygens (including phenoxy) is 1. The third kappa shape index (κ3) is 4.12. The summed E-state index contributed by atoms with van der Waals surface area (Å²) in [6.07, 6.45) is 5.83. The molecule has 0 radical (unpaired) electrons. The zero-order valence-corrected chi connectivity index (χ0v) is 20.1. The van der Waals surface area contributed by atoms with Gasteiger partial charge >= 0.3 is 0 Å². The van der Waals surface area contributed by atoms with E-state index in [4.69, 9.17) is 9.26 Å². The van der Waals surface area contributed by atoms with Crippen molar-refractivity contribution in [3.8, 4) is 0 Å². The normalized spacial score (nSPS) is 20.7. The van der Waals surface area contributed by atoms with Crippen molar-refractivity contribution in [3.05, 3.63) is 69.5 Å². The molecule has 2 fully saturated rings. The zero-order chi connectivity index (χ0) is 23.9. The first-order valence-corrected chi connectivity index (χ1v) is 12.3. The van der Waals surface area contributed by atoms with Crippen molar-refractivity contribution < 1.29 is 9.26 Å². The van der Waals surface area contributed by atoms with Crippen molar-refractivity contribution in [1.29, 1.82) is 0 Å². The van der Waals surface area contributed by atoms with Crippen LogP contribution in [-0.4, -0.2) is 49.0 Å². The number of benzene rings is 1. The van der Waals surface area contributed by atoms with Crippen LogP contribution in [-0.2, 0) is 11.3 Å². The Morgan fingerprint density at radius 3 is 2.66 bits per heavy atom. The van der Waals surface area contributed by atoms with Crippen molar-refractivity contribution >= 4 is 11.5 Å². The Labute approximate surface area is 202 Å². The fourth-order valence-electron chi connectivity index (χ4n) is 5.04. The maximum Gasteiger partial charge on any atom is 0.280 e. The minimum absolute atomic E-state index is 0.0238. The first kappa shape index (κ1) is 22.0. The molecule has 0 spiro atoms. The summed E-state index contributed by atoms with van der Waals surface area (Å²) in [5, 5.41) is 8.72. The molecule has 35 heavy (non-hydrogen) atoms. The molecular formula is C25H29N7O3. The molecular weight excluding hydrogens is 446 g/mol. The van der Waals surface area contributed by atoms with Crippen LogP contribution in [0.2, 0.25) is 0 Å².